The highest BCUT2D eigenvalue weighted by Gasteiger charge is 2.29. The number of nitrogens with one attached hydrogen (secondary N) is 1. The molecule has 1 aliphatic rings. The summed E-state index contributed by atoms with van der Waals surface area (Å²) < 4.78 is 5.19. The van der Waals surface area contributed by atoms with Crippen LogP contribution in [0.15, 0.2) is 12.1 Å². The van der Waals surface area contributed by atoms with Crippen molar-refractivity contribution in [1.82, 2.24) is 10.2 Å². The molecule has 18 heavy (non-hydrogen) atoms. The number of nitrogens with two attached hydrogens (primary N) is 1. The molecule has 98 valence electrons. The molecule has 7 heteroatoms. The highest BCUT2D eigenvalue weighted by molar-refractivity contribution is 5.90. The van der Waals surface area contributed by atoms with Crippen LogP contribution in [0.25, 0.3) is 0 Å². The molecule has 0 spiro atoms. The smallest absolute Gasteiger partial charge is 0.269 e. The summed E-state index contributed by atoms with van der Waals surface area (Å²) >= 11 is 0. The Morgan fingerprint density at radius 2 is 2.17 bits per heavy atom. The van der Waals surface area contributed by atoms with Gasteiger partial charge in [0.25, 0.3) is 5.91 Å². The zero-order chi connectivity index (χ0) is 13.0. The van der Waals surface area contributed by atoms with Gasteiger partial charge in [-0.2, -0.15) is 0 Å². The molecular formula is C11H16N4O3. The molecule has 1 aliphatic heterocycles. The van der Waals surface area contributed by atoms with Crippen LogP contribution in [0.2, 0.25) is 0 Å². The molecule has 1 aromatic heterocycles. The first-order chi connectivity index (χ1) is 8.59. The monoisotopic (exact) mass is 252 g/mol. The van der Waals surface area contributed by atoms with Crippen molar-refractivity contribution in [2.24, 2.45) is 5.73 Å². The minimum absolute atomic E-state index is 0.116. The van der Waals surface area contributed by atoms with Crippen molar-refractivity contribution in [2.75, 3.05) is 25.1 Å². The molecule has 0 saturated carbocycles. The Kier molecular flexibility index (Phi) is 3.73. The average molecular weight is 252 g/mol. The van der Waals surface area contributed by atoms with Crippen LogP contribution in [0, 0.1) is 0 Å². The maximum atomic E-state index is 10.8. The third-order valence-corrected chi connectivity index (χ3v) is 2.94. The van der Waals surface area contributed by atoms with Crippen LogP contribution in [0.4, 0.5) is 5.82 Å². The maximum Gasteiger partial charge on any atom is 0.269 e. The Morgan fingerprint density at radius 1 is 1.44 bits per heavy atom. The van der Waals surface area contributed by atoms with Crippen LogP contribution in [-0.2, 0) is 4.74 Å². The lowest BCUT2D eigenvalue weighted by atomic mass is 9.94. The largest absolute Gasteiger partial charge is 0.388 e. The van der Waals surface area contributed by atoms with Crippen LogP contribution < -0.4 is 11.1 Å². The lowest BCUT2D eigenvalue weighted by Gasteiger charge is -2.32. The van der Waals surface area contributed by atoms with E-state index in [9.17, 15) is 9.90 Å². The number of aromatic nitrogens is 2. The van der Waals surface area contributed by atoms with Gasteiger partial charge in [-0.1, -0.05) is 0 Å². The van der Waals surface area contributed by atoms with Gasteiger partial charge >= 0.3 is 0 Å². The molecular weight excluding hydrogens is 236 g/mol. The first-order valence-electron chi connectivity index (χ1n) is 5.77. The number of rotatable bonds is 4. The van der Waals surface area contributed by atoms with Gasteiger partial charge in [-0.25, -0.2) is 0 Å². The second-order valence-corrected chi connectivity index (χ2v) is 4.36. The number of anilines is 1. The molecule has 0 radical (unpaired) electrons. The number of carbonyl (C=O) groups is 1. The van der Waals surface area contributed by atoms with Crippen molar-refractivity contribution in [2.45, 2.75) is 18.4 Å². The van der Waals surface area contributed by atoms with Crippen molar-refractivity contribution in [3.63, 3.8) is 0 Å². The topological polar surface area (TPSA) is 110 Å². The van der Waals surface area contributed by atoms with E-state index < -0.39 is 11.5 Å². The van der Waals surface area contributed by atoms with Crippen molar-refractivity contribution in [3.8, 4) is 0 Å². The minimum atomic E-state index is -0.776. The second-order valence-electron chi connectivity index (χ2n) is 4.36. The van der Waals surface area contributed by atoms with E-state index in [1.54, 1.807) is 6.07 Å². The van der Waals surface area contributed by atoms with Crippen molar-refractivity contribution in [3.05, 3.63) is 17.8 Å². The van der Waals surface area contributed by atoms with Crippen LogP contribution in [0.5, 0.6) is 0 Å². The number of amides is 1. The summed E-state index contributed by atoms with van der Waals surface area (Å²) in [5.74, 6) is -0.114. The van der Waals surface area contributed by atoms with Gasteiger partial charge in [0, 0.05) is 32.6 Å². The Hall–Kier alpha value is -1.73. The predicted molar refractivity (Wildman–Crippen MR) is 64.0 cm³/mol. The maximum absolute atomic E-state index is 10.8. The molecule has 0 unspecified atom stereocenters. The van der Waals surface area contributed by atoms with Crippen molar-refractivity contribution in [1.29, 1.82) is 0 Å². The summed E-state index contributed by atoms with van der Waals surface area (Å²) in [6.07, 6.45) is 1.18. The molecule has 0 atom stereocenters. The summed E-state index contributed by atoms with van der Waals surface area (Å²) in [5, 5.41) is 20.7. The number of carbonyl (C=O) groups excluding carboxylic acids is 1. The lowest BCUT2D eigenvalue weighted by Crippen LogP contribution is -2.42. The Balaban J connectivity index is 1.91. The lowest BCUT2D eigenvalue weighted by molar-refractivity contribution is -0.0543. The van der Waals surface area contributed by atoms with E-state index in [2.05, 4.69) is 15.5 Å². The molecule has 2 heterocycles. The zero-order valence-corrected chi connectivity index (χ0v) is 9.93. The number of ether oxygens (including phenoxy) is 1. The van der Waals surface area contributed by atoms with Crippen LogP contribution in [-0.4, -0.2) is 46.6 Å². The van der Waals surface area contributed by atoms with E-state index in [4.69, 9.17) is 10.5 Å². The molecule has 4 N–H and O–H groups in total. The van der Waals surface area contributed by atoms with Crippen LogP contribution >= 0.6 is 0 Å². The third-order valence-electron chi connectivity index (χ3n) is 2.94. The summed E-state index contributed by atoms with van der Waals surface area (Å²) in [6.45, 7) is 1.50. The first-order valence-corrected chi connectivity index (χ1v) is 5.77. The van der Waals surface area contributed by atoms with Crippen molar-refractivity contribution >= 4 is 11.7 Å². The second kappa shape index (κ2) is 5.28. The number of primary amides is 1. The Labute approximate surface area is 104 Å². The van der Waals surface area contributed by atoms with Gasteiger partial charge < -0.3 is 20.9 Å². The van der Waals surface area contributed by atoms with Gasteiger partial charge in [-0.15, -0.1) is 10.2 Å². The molecule has 1 aromatic rings. The number of nitrogens with zero attached hydrogens (tertiary/aromatic N) is 2. The Bertz CT molecular complexity index is 415. The number of aliphatic hydroxyl groups is 1. The molecule has 0 aliphatic carbocycles. The number of hydrogen-bond acceptors (Lipinski definition) is 6. The fraction of sp³-hybridized carbons (Fsp3) is 0.545. The third kappa shape index (κ3) is 3.14. The van der Waals surface area contributed by atoms with E-state index in [0.717, 1.165) is 0 Å². The highest BCUT2D eigenvalue weighted by Crippen LogP contribution is 2.20. The van der Waals surface area contributed by atoms with Gasteiger partial charge in [-0.3, -0.25) is 4.79 Å². The van der Waals surface area contributed by atoms with E-state index in [1.807, 2.05) is 0 Å². The van der Waals surface area contributed by atoms with Gasteiger partial charge in [0.15, 0.2) is 5.69 Å². The van der Waals surface area contributed by atoms with Gasteiger partial charge in [-0.05, 0) is 12.1 Å². The quantitative estimate of drug-likeness (QED) is 0.668. The average Bonchev–Trinajstić information content (AvgIpc) is 2.38. The SMILES string of the molecule is NC(=O)c1ccc(NCC2(O)CCOCC2)nn1. The fourth-order valence-corrected chi connectivity index (χ4v) is 1.74. The normalized spacial score (nSPS) is 18.3. The minimum Gasteiger partial charge on any atom is -0.388 e. The van der Waals surface area contributed by atoms with Gasteiger partial charge in [0.1, 0.15) is 5.82 Å². The highest BCUT2D eigenvalue weighted by atomic mass is 16.5. The first kappa shape index (κ1) is 12.7. The fourth-order valence-electron chi connectivity index (χ4n) is 1.74. The summed E-state index contributed by atoms with van der Waals surface area (Å²) in [5.41, 5.74) is 4.40. The van der Waals surface area contributed by atoms with E-state index in [0.29, 0.717) is 38.4 Å². The molecule has 0 aromatic carbocycles. The van der Waals surface area contributed by atoms with Crippen LogP contribution in [0.3, 0.4) is 0 Å². The predicted octanol–water partition coefficient (Wildman–Crippen LogP) is -0.471. The van der Waals surface area contributed by atoms with Crippen molar-refractivity contribution < 1.29 is 14.6 Å². The zero-order valence-electron chi connectivity index (χ0n) is 9.93. The number of hydrogen-bond donors (Lipinski definition) is 3. The molecule has 7 nitrogen and oxygen atoms in total. The molecule has 1 amide bonds. The molecule has 0 bridgehead atoms. The van der Waals surface area contributed by atoms with E-state index in [-0.39, 0.29) is 5.69 Å². The standard InChI is InChI=1S/C11H16N4O3/c12-10(16)8-1-2-9(15-14-8)13-7-11(17)3-5-18-6-4-11/h1-2,17H,3-7H2,(H2,12,16)(H,13,15). The molecule has 2 rings (SSSR count). The summed E-state index contributed by atoms with van der Waals surface area (Å²) in [6, 6.07) is 3.10. The molecule has 1 saturated heterocycles. The summed E-state index contributed by atoms with van der Waals surface area (Å²) in [7, 11) is 0. The summed E-state index contributed by atoms with van der Waals surface area (Å²) in [4.78, 5) is 10.8. The van der Waals surface area contributed by atoms with Gasteiger partial charge in [0.05, 0.1) is 5.60 Å². The molecule has 1 fully saturated rings. The Morgan fingerprint density at radius 3 is 2.72 bits per heavy atom. The van der Waals surface area contributed by atoms with Crippen LogP contribution in [0.1, 0.15) is 23.3 Å². The van der Waals surface area contributed by atoms with Gasteiger partial charge in [0.2, 0.25) is 0 Å². The van der Waals surface area contributed by atoms with E-state index in [1.165, 1.54) is 6.07 Å². The van der Waals surface area contributed by atoms with E-state index >= 15 is 0 Å².